The molecule has 5 nitrogen and oxygen atoms in total. The van der Waals surface area contributed by atoms with E-state index in [1.165, 1.54) is 0 Å². The normalized spacial score (nSPS) is 12.1. The van der Waals surface area contributed by atoms with Crippen molar-refractivity contribution in [3.63, 3.8) is 0 Å². The summed E-state index contributed by atoms with van der Waals surface area (Å²) < 4.78 is 0. The Balaban J connectivity index is 2.02. The number of likely N-dealkylation sites (N-methyl/N-ethyl adjacent to an activating group) is 1. The van der Waals surface area contributed by atoms with E-state index in [-0.39, 0.29) is 18.2 Å². The summed E-state index contributed by atoms with van der Waals surface area (Å²) in [5, 5.41) is 6.31. The number of nitrogens with one attached hydrogen (secondary N) is 2. The maximum Gasteiger partial charge on any atom is 0.253 e. The Bertz CT molecular complexity index is 796. The molecule has 0 aliphatic heterocycles. The van der Waals surface area contributed by atoms with Crippen molar-refractivity contribution in [3.05, 3.63) is 70.7 Å². The van der Waals surface area contributed by atoms with Crippen molar-refractivity contribution in [2.45, 2.75) is 39.3 Å². The number of nitrogens with zero attached hydrogens (tertiary/aromatic N) is 1. The quantitative estimate of drug-likeness (QED) is 0.615. The molecule has 2 N–H and O–H groups in total. The molecule has 2 rings (SSSR count). The molecule has 0 bridgehead atoms. The largest absolute Gasteiger partial charge is 0.355 e. The molecule has 0 fully saturated rings. The van der Waals surface area contributed by atoms with Gasteiger partial charge in [-0.2, -0.15) is 0 Å². The van der Waals surface area contributed by atoms with Gasteiger partial charge in [-0.1, -0.05) is 61.0 Å². The fraction of sp³-hybridized carbons (Fsp3) is 0.391. The van der Waals surface area contributed by atoms with Crippen LogP contribution in [0.4, 0.5) is 0 Å². The molecular formula is C23H30ClN3O2. The van der Waals surface area contributed by atoms with E-state index >= 15 is 0 Å². The van der Waals surface area contributed by atoms with Gasteiger partial charge < -0.3 is 10.6 Å². The second-order valence-electron chi connectivity index (χ2n) is 7.19. The number of benzene rings is 2. The minimum Gasteiger partial charge on any atom is -0.355 e. The molecule has 0 spiro atoms. The van der Waals surface area contributed by atoms with E-state index in [2.05, 4.69) is 36.3 Å². The highest BCUT2D eigenvalue weighted by Crippen LogP contribution is 2.20. The molecule has 0 saturated carbocycles. The number of hydrogen-bond acceptors (Lipinski definition) is 3. The molecule has 2 aromatic rings. The van der Waals surface area contributed by atoms with E-state index in [4.69, 9.17) is 11.6 Å². The van der Waals surface area contributed by atoms with E-state index in [1.54, 1.807) is 24.3 Å². The second kappa shape index (κ2) is 11.6. The van der Waals surface area contributed by atoms with Crippen molar-refractivity contribution in [2.24, 2.45) is 0 Å². The zero-order chi connectivity index (χ0) is 21.2. The van der Waals surface area contributed by atoms with Gasteiger partial charge in [-0.15, -0.1) is 0 Å². The summed E-state index contributed by atoms with van der Waals surface area (Å²) in [4.78, 5) is 27.5. The predicted octanol–water partition coefficient (Wildman–Crippen LogP) is 4.05. The van der Waals surface area contributed by atoms with Crippen LogP contribution in [0.5, 0.6) is 0 Å². The summed E-state index contributed by atoms with van der Waals surface area (Å²) in [6.45, 7) is 8.69. The van der Waals surface area contributed by atoms with Gasteiger partial charge in [-0.25, -0.2) is 0 Å². The SMILES string of the molecule is CCN(CCNC(=O)CC(NC(=O)c1ccccc1Cl)c1ccccc1)C(C)C. The number of carbonyl (C=O) groups is 2. The zero-order valence-electron chi connectivity index (χ0n) is 17.3. The molecule has 2 aromatic carbocycles. The van der Waals surface area contributed by atoms with Gasteiger partial charge in [-0.3, -0.25) is 14.5 Å². The standard InChI is InChI=1S/C23H30ClN3O2/c1-4-27(17(2)3)15-14-25-22(28)16-21(18-10-6-5-7-11-18)26-23(29)19-12-8-9-13-20(19)24/h5-13,17,21H,4,14-16H2,1-3H3,(H,25,28)(H,26,29). The first kappa shape index (κ1) is 22.9. The van der Waals surface area contributed by atoms with Crippen LogP contribution in [0.15, 0.2) is 54.6 Å². The van der Waals surface area contributed by atoms with Crippen molar-refractivity contribution in [1.29, 1.82) is 0 Å². The van der Waals surface area contributed by atoms with Gasteiger partial charge in [0.1, 0.15) is 0 Å². The molecule has 0 aromatic heterocycles. The lowest BCUT2D eigenvalue weighted by Crippen LogP contribution is -2.39. The molecule has 0 aliphatic rings. The van der Waals surface area contributed by atoms with Crippen LogP contribution >= 0.6 is 11.6 Å². The summed E-state index contributed by atoms with van der Waals surface area (Å²) in [5.41, 5.74) is 1.27. The summed E-state index contributed by atoms with van der Waals surface area (Å²) in [5.74, 6) is -0.396. The number of halogens is 1. The molecule has 156 valence electrons. The molecule has 2 amide bonds. The third-order valence-corrected chi connectivity index (χ3v) is 5.20. The van der Waals surface area contributed by atoms with Crippen LogP contribution in [-0.2, 0) is 4.79 Å². The second-order valence-corrected chi connectivity index (χ2v) is 7.60. The molecule has 0 heterocycles. The number of amides is 2. The Morgan fingerprint density at radius 1 is 1.03 bits per heavy atom. The van der Waals surface area contributed by atoms with Crippen molar-refractivity contribution < 1.29 is 9.59 Å². The van der Waals surface area contributed by atoms with E-state index < -0.39 is 6.04 Å². The lowest BCUT2D eigenvalue weighted by molar-refractivity contribution is -0.121. The highest BCUT2D eigenvalue weighted by molar-refractivity contribution is 6.33. The lowest BCUT2D eigenvalue weighted by Gasteiger charge is -2.25. The maximum absolute atomic E-state index is 12.7. The van der Waals surface area contributed by atoms with E-state index in [1.807, 2.05) is 30.3 Å². The summed E-state index contributed by atoms with van der Waals surface area (Å²) in [6, 6.07) is 16.4. The van der Waals surface area contributed by atoms with Crippen LogP contribution in [0.1, 0.15) is 49.2 Å². The molecule has 1 atom stereocenters. The Morgan fingerprint density at radius 3 is 2.31 bits per heavy atom. The molecule has 6 heteroatoms. The Hall–Kier alpha value is -2.37. The first-order valence-electron chi connectivity index (χ1n) is 10.0. The number of hydrogen-bond donors (Lipinski definition) is 2. The molecular weight excluding hydrogens is 386 g/mol. The van der Waals surface area contributed by atoms with Crippen LogP contribution in [0.3, 0.4) is 0 Å². The van der Waals surface area contributed by atoms with Gasteiger partial charge in [0.15, 0.2) is 0 Å². The smallest absolute Gasteiger partial charge is 0.253 e. The van der Waals surface area contributed by atoms with Gasteiger partial charge in [0.25, 0.3) is 5.91 Å². The van der Waals surface area contributed by atoms with E-state index in [0.29, 0.717) is 23.2 Å². The summed E-state index contributed by atoms with van der Waals surface area (Å²) in [7, 11) is 0. The molecule has 0 saturated heterocycles. The Morgan fingerprint density at radius 2 is 1.69 bits per heavy atom. The van der Waals surface area contributed by atoms with Crippen molar-refractivity contribution in [1.82, 2.24) is 15.5 Å². The fourth-order valence-corrected chi connectivity index (χ4v) is 3.42. The predicted molar refractivity (Wildman–Crippen MR) is 118 cm³/mol. The van der Waals surface area contributed by atoms with Crippen LogP contribution < -0.4 is 10.6 Å². The lowest BCUT2D eigenvalue weighted by atomic mass is 10.0. The van der Waals surface area contributed by atoms with Crippen molar-refractivity contribution in [3.8, 4) is 0 Å². The highest BCUT2D eigenvalue weighted by Gasteiger charge is 2.20. The minimum absolute atomic E-state index is 0.0990. The molecule has 29 heavy (non-hydrogen) atoms. The Labute approximate surface area is 178 Å². The molecule has 1 unspecified atom stereocenters. The van der Waals surface area contributed by atoms with Crippen LogP contribution in [0.25, 0.3) is 0 Å². The van der Waals surface area contributed by atoms with Gasteiger partial charge in [0, 0.05) is 19.1 Å². The van der Waals surface area contributed by atoms with E-state index in [9.17, 15) is 9.59 Å². The highest BCUT2D eigenvalue weighted by atomic mass is 35.5. The van der Waals surface area contributed by atoms with E-state index in [0.717, 1.165) is 18.7 Å². The van der Waals surface area contributed by atoms with Gasteiger partial charge in [0.05, 0.1) is 23.0 Å². The third-order valence-electron chi connectivity index (χ3n) is 4.87. The van der Waals surface area contributed by atoms with Gasteiger partial charge >= 0.3 is 0 Å². The first-order chi connectivity index (χ1) is 13.9. The minimum atomic E-state index is -0.438. The van der Waals surface area contributed by atoms with Crippen molar-refractivity contribution >= 4 is 23.4 Å². The van der Waals surface area contributed by atoms with Crippen LogP contribution in [0.2, 0.25) is 5.02 Å². The van der Waals surface area contributed by atoms with Gasteiger partial charge in [0.2, 0.25) is 5.91 Å². The zero-order valence-corrected chi connectivity index (χ0v) is 18.1. The molecule has 0 radical (unpaired) electrons. The fourth-order valence-electron chi connectivity index (χ4n) is 3.20. The maximum atomic E-state index is 12.7. The third kappa shape index (κ3) is 7.18. The first-order valence-corrected chi connectivity index (χ1v) is 10.4. The summed E-state index contributed by atoms with van der Waals surface area (Å²) >= 11 is 6.15. The van der Waals surface area contributed by atoms with Crippen LogP contribution in [-0.4, -0.2) is 42.4 Å². The number of carbonyl (C=O) groups excluding carboxylic acids is 2. The molecule has 0 aliphatic carbocycles. The average molecular weight is 416 g/mol. The van der Waals surface area contributed by atoms with Crippen molar-refractivity contribution in [2.75, 3.05) is 19.6 Å². The summed E-state index contributed by atoms with van der Waals surface area (Å²) in [6.07, 6.45) is 0.161. The average Bonchev–Trinajstić information content (AvgIpc) is 2.71. The monoisotopic (exact) mass is 415 g/mol. The van der Waals surface area contributed by atoms with Gasteiger partial charge in [-0.05, 0) is 38.1 Å². The number of rotatable bonds is 10. The Kier molecular flexibility index (Phi) is 9.16. The van der Waals surface area contributed by atoms with Crippen LogP contribution in [0, 0.1) is 0 Å². The topological polar surface area (TPSA) is 61.4 Å².